The predicted molar refractivity (Wildman–Crippen MR) is 96.6 cm³/mol. The highest BCUT2D eigenvalue weighted by Crippen LogP contribution is 2.36. The highest BCUT2D eigenvalue weighted by Gasteiger charge is 2.17. The van der Waals surface area contributed by atoms with Gasteiger partial charge in [0.15, 0.2) is 11.5 Å². The number of rotatable bonds is 7. The average molecular weight is 393 g/mol. The molecule has 0 saturated heterocycles. The summed E-state index contributed by atoms with van der Waals surface area (Å²) in [5, 5.41) is 2.97. The molecule has 1 unspecified atom stereocenters. The number of ether oxygens (including phenoxy) is 2. The minimum Gasteiger partial charge on any atom is -0.493 e. The van der Waals surface area contributed by atoms with Crippen molar-refractivity contribution in [2.75, 3.05) is 13.7 Å². The van der Waals surface area contributed by atoms with Crippen molar-refractivity contribution in [3.05, 3.63) is 52.3 Å². The first-order chi connectivity index (χ1) is 11.6. The molecule has 0 aliphatic heterocycles. The summed E-state index contributed by atoms with van der Waals surface area (Å²) in [6.07, 6.45) is 4.30. The second-order valence-electron chi connectivity index (χ2n) is 5.31. The molecule has 1 aromatic carbocycles. The van der Waals surface area contributed by atoms with Gasteiger partial charge in [-0.05, 0) is 59.1 Å². The third-order valence-corrected chi connectivity index (χ3v) is 4.08. The van der Waals surface area contributed by atoms with Gasteiger partial charge in [-0.2, -0.15) is 0 Å². The molecule has 2 rings (SSSR count). The molecular weight excluding hydrogens is 372 g/mol. The lowest BCUT2D eigenvalue weighted by atomic mass is 10.1. The minimum absolute atomic E-state index is 0.124. The van der Waals surface area contributed by atoms with E-state index in [-0.39, 0.29) is 11.9 Å². The number of halogens is 1. The second-order valence-corrected chi connectivity index (χ2v) is 6.17. The summed E-state index contributed by atoms with van der Waals surface area (Å²) in [4.78, 5) is 16.5. The summed E-state index contributed by atoms with van der Waals surface area (Å²) in [5.41, 5.74) is 1.50. The van der Waals surface area contributed by atoms with Gasteiger partial charge in [0.05, 0.1) is 24.2 Å². The Morgan fingerprint density at radius 1 is 1.33 bits per heavy atom. The lowest BCUT2D eigenvalue weighted by Gasteiger charge is -2.16. The van der Waals surface area contributed by atoms with Crippen molar-refractivity contribution >= 4 is 21.8 Å². The van der Waals surface area contributed by atoms with Crippen LogP contribution in [0.1, 0.15) is 42.2 Å². The zero-order chi connectivity index (χ0) is 17.5. The summed E-state index contributed by atoms with van der Waals surface area (Å²) in [7, 11) is 1.56. The number of carbonyl (C=O) groups excluding carboxylic acids is 1. The number of pyridine rings is 1. The molecule has 0 spiro atoms. The Bertz CT molecular complexity index is 692. The van der Waals surface area contributed by atoms with Gasteiger partial charge in [0.25, 0.3) is 5.91 Å². The highest BCUT2D eigenvalue weighted by atomic mass is 79.9. The molecular formula is C18H21BrN2O3. The van der Waals surface area contributed by atoms with Crippen LogP contribution in [-0.2, 0) is 0 Å². The number of hydrogen-bond donors (Lipinski definition) is 1. The third-order valence-electron chi connectivity index (χ3n) is 3.50. The van der Waals surface area contributed by atoms with Crippen LogP contribution in [0.25, 0.3) is 0 Å². The quantitative estimate of drug-likeness (QED) is 0.769. The summed E-state index contributed by atoms with van der Waals surface area (Å²) >= 11 is 3.46. The summed E-state index contributed by atoms with van der Waals surface area (Å²) in [6, 6.07) is 7.06. The van der Waals surface area contributed by atoms with E-state index in [0.717, 1.165) is 12.0 Å². The van der Waals surface area contributed by atoms with Crippen molar-refractivity contribution < 1.29 is 14.3 Å². The maximum atomic E-state index is 12.5. The number of carbonyl (C=O) groups is 1. The number of nitrogens with zero attached hydrogens (tertiary/aromatic N) is 1. The molecule has 0 saturated carbocycles. The van der Waals surface area contributed by atoms with Crippen molar-refractivity contribution in [1.29, 1.82) is 0 Å². The number of aromatic nitrogens is 1. The van der Waals surface area contributed by atoms with E-state index in [1.807, 2.05) is 26.0 Å². The fourth-order valence-corrected chi connectivity index (χ4v) is 2.77. The lowest BCUT2D eigenvalue weighted by molar-refractivity contribution is 0.0939. The first kappa shape index (κ1) is 18.3. The van der Waals surface area contributed by atoms with Crippen molar-refractivity contribution in [2.45, 2.75) is 26.3 Å². The molecule has 1 atom stereocenters. The molecule has 0 aliphatic carbocycles. The van der Waals surface area contributed by atoms with Crippen LogP contribution in [0.2, 0.25) is 0 Å². The fraction of sp³-hybridized carbons (Fsp3) is 0.333. The molecule has 1 N–H and O–H groups in total. The molecule has 6 heteroatoms. The zero-order valence-electron chi connectivity index (χ0n) is 14.0. The van der Waals surface area contributed by atoms with Gasteiger partial charge in [-0.25, -0.2) is 0 Å². The van der Waals surface area contributed by atoms with Crippen LogP contribution in [0.5, 0.6) is 11.5 Å². The van der Waals surface area contributed by atoms with E-state index in [4.69, 9.17) is 9.47 Å². The zero-order valence-corrected chi connectivity index (χ0v) is 15.6. The molecule has 5 nitrogen and oxygen atoms in total. The molecule has 1 heterocycles. The molecule has 128 valence electrons. The lowest BCUT2D eigenvalue weighted by Crippen LogP contribution is -2.26. The summed E-state index contributed by atoms with van der Waals surface area (Å²) in [5.74, 6) is 0.956. The van der Waals surface area contributed by atoms with E-state index < -0.39 is 0 Å². The predicted octanol–water partition coefficient (Wildman–Crippen LogP) is 4.13. The highest BCUT2D eigenvalue weighted by molar-refractivity contribution is 9.10. The molecule has 0 radical (unpaired) electrons. The van der Waals surface area contributed by atoms with Gasteiger partial charge in [-0.3, -0.25) is 9.78 Å². The Kier molecular flexibility index (Phi) is 6.61. The van der Waals surface area contributed by atoms with Gasteiger partial charge in [-0.15, -0.1) is 0 Å². The number of hydrogen-bond acceptors (Lipinski definition) is 4. The molecule has 24 heavy (non-hydrogen) atoms. The first-order valence-electron chi connectivity index (χ1n) is 7.78. The van der Waals surface area contributed by atoms with Crippen LogP contribution < -0.4 is 14.8 Å². The van der Waals surface area contributed by atoms with Crippen LogP contribution in [0.4, 0.5) is 0 Å². The van der Waals surface area contributed by atoms with E-state index in [1.165, 1.54) is 0 Å². The van der Waals surface area contributed by atoms with Crippen molar-refractivity contribution in [1.82, 2.24) is 10.3 Å². The largest absolute Gasteiger partial charge is 0.493 e. The number of nitrogens with one attached hydrogen (secondary N) is 1. The second kappa shape index (κ2) is 8.68. The van der Waals surface area contributed by atoms with Crippen molar-refractivity contribution in [3.8, 4) is 11.5 Å². The van der Waals surface area contributed by atoms with Crippen LogP contribution in [0.15, 0.2) is 41.1 Å². The molecule has 1 aromatic heterocycles. The Hall–Kier alpha value is -2.08. The first-order valence-corrected chi connectivity index (χ1v) is 8.57. The van der Waals surface area contributed by atoms with E-state index in [1.54, 1.807) is 31.6 Å². The van der Waals surface area contributed by atoms with Crippen LogP contribution >= 0.6 is 15.9 Å². The van der Waals surface area contributed by atoms with Gasteiger partial charge < -0.3 is 14.8 Å². The summed E-state index contributed by atoms with van der Waals surface area (Å²) in [6.45, 7) is 4.54. The monoisotopic (exact) mass is 392 g/mol. The number of amides is 1. The van der Waals surface area contributed by atoms with Gasteiger partial charge in [0.2, 0.25) is 0 Å². The fourth-order valence-electron chi connectivity index (χ4n) is 2.21. The maximum absolute atomic E-state index is 12.5. The molecule has 2 aromatic rings. The molecule has 0 fully saturated rings. The SMILES string of the molecule is CCCOc1c(Br)cc(C(=O)NC(C)c2ccncc2)cc1OC. The Labute approximate surface area is 150 Å². The normalized spacial score (nSPS) is 11.7. The van der Waals surface area contributed by atoms with Gasteiger partial charge in [-0.1, -0.05) is 6.92 Å². The summed E-state index contributed by atoms with van der Waals surface area (Å²) < 4.78 is 11.7. The minimum atomic E-state index is -0.180. The van der Waals surface area contributed by atoms with Crippen molar-refractivity contribution in [3.63, 3.8) is 0 Å². The maximum Gasteiger partial charge on any atom is 0.251 e. The topological polar surface area (TPSA) is 60.5 Å². The Morgan fingerprint density at radius 2 is 2.04 bits per heavy atom. The van der Waals surface area contributed by atoms with Crippen molar-refractivity contribution in [2.24, 2.45) is 0 Å². The standard InChI is InChI=1S/C18H21BrN2O3/c1-4-9-24-17-15(19)10-14(11-16(17)23-3)18(22)21-12(2)13-5-7-20-8-6-13/h5-8,10-12H,4,9H2,1-3H3,(H,21,22). The van der Waals surface area contributed by atoms with E-state index >= 15 is 0 Å². The van der Waals surface area contributed by atoms with Gasteiger partial charge in [0, 0.05) is 18.0 Å². The number of methoxy groups -OCH3 is 1. The van der Waals surface area contributed by atoms with Crippen LogP contribution in [0, 0.1) is 0 Å². The Morgan fingerprint density at radius 3 is 2.67 bits per heavy atom. The van der Waals surface area contributed by atoms with Gasteiger partial charge >= 0.3 is 0 Å². The van der Waals surface area contributed by atoms with E-state index in [9.17, 15) is 4.79 Å². The van der Waals surface area contributed by atoms with Gasteiger partial charge in [0.1, 0.15) is 0 Å². The van der Waals surface area contributed by atoms with Crippen LogP contribution in [-0.4, -0.2) is 24.6 Å². The van der Waals surface area contributed by atoms with Crippen LogP contribution in [0.3, 0.4) is 0 Å². The average Bonchev–Trinajstić information content (AvgIpc) is 2.60. The molecule has 0 aliphatic rings. The van der Waals surface area contributed by atoms with E-state index in [0.29, 0.717) is 28.1 Å². The van der Waals surface area contributed by atoms with E-state index in [2.05, 4.69) is 26.2 Å². The molecule has 1 amide bonds. The molecule has 0 bridgehead atoms. The third kappa shape index (κ3) is 4.47. The Balaban J connectivity index is 2.19. The number of benzene rings is 1. The smallest absolute Gasteiger partial charge is 0.251 e.